The number of ether oxygens (including phenoxy) is 3. The molecule has 0 aromatic carbocycles. The number of allylic oxidation sites excluding steroid dienone is 3. The predicted molar refractivity (Wildman–Crippen MR) is 181 cm³/mol. The fourth-order valence-corrected chi connectivity index (χ4v) is 8.35. The monoisotopic (exact) mass is 631 g/mol. The molecule has 7 nitrogen and oxygen atoms in total. The topological polar surface area (TPSA) is 94.1 Å². The standard InChI is InChI=1S/C38H65NO6/c1-28-12-15-33(45-23-9-21-39-36(41)27-43-24-18-30(3)44-25-22-40)26-32(28)14-13-31-11-8-20-38(6)34(16-17-35(31)38)29(2)10-7-19-37(4,5)42/h13-14,22,28-30,33-35,42H,7-12,15-21,23-27H2,1-6H3,(H,39,41)/b31-13+,32-14-/t28?,29-,30?,33+,34-,35+,38-/m1/s1. The quantitative estimate of drug-likeness (QED) is 0.114. The second-order valence-corrected chi connectivity index (χ2v) is 15.3. The van der Waals surface area contributed by atoms with Crippen LogP contribution in [-0.2, 0) is 23.8 Å². The van der Waals surface area contributed by atoms with Crippen molar-refractivity contribution in [3.63, 3.8) is 0 Å². The van der Waals surface area contributed by atoms with Gasteiger partial charge in [-0.25, -0.2) is 0 Å². The molecule has 0 aromatic heterocycles. The van der Waals surface area contributed by atoms with Gasteiger partial charge < -0.3 is 29.4 Å². The number of aldehydes is 1. The fourth-order valence-electron chi connectivity index (χ4n) is 8.35. The van der Waals surface area contributed by atoms with Gasteiger partial charge in [-0.15, -0.1) is 0 Å². The molecule has 2 unspecified atom stereocenters. The lowest BCUT2D eigenvalue weighted by atomic mass is 9.60. The van der Waals surface area contributed by atoms with Crippen LogP contribution in [0.2, 0.25) is 0 Å². The smallest absolute Gasteiger partial charge is 0.245 e. The number of carbonyl (C=O) groups excluding carboxylic acids is 2. The molecule has 3 rings (SSSR count). The van der Waals surface area contributed by atoms with Gasteiger partial charge in [-0.1, -0.05) is 56.9 Å². The number of carbonyl (C=O) groups is 2. The third-order valence-corrected chi connectivity index (χ3v) is 11.0. The molecular weight excluding hydrogens is 566 g/mol. The number of amides is 1. The van der Waals surface area contributed by atoms with Crippen LogP contribution >= 0.6 is 0 Å². The van der Waals surface area contributed by atoms with E-state index in [1.807, 2.05) is 20.8 Å². The zero-order valence-electron chi connectivity index (χ0n) is 29.4. The molecule has 3 aliphatic carbocycles. The number of hydrogen-bond donors (Lipinski definition) is 2. The third kappa shape index (κ3) is 12.5. The van der Waals surface area contributed by atoms with Gasteiger partial charge in [-0.3, -0.25) is 4.79 Å². The summed E-state index contributed by atoms with van der Waals surface area (Å²) in [5.74, 6) is 2.69. The summed E-state index contributed by atoms with van der Waals surface area (Å²) in [6.07, 6.45) is 20.4. The fraction of sp³-hybridized carbons (Fsp3) is 0.842. The first kappa shape index (κ1) is 37.9. The van der Waals surface area contributed by atoms with E-state index in [0.29, 0.717) is 49.3 Å². The second kappa shape index (κ2) is 18.7. The second-order valence-electron chi connectivity index (χ2n) is 15.3. The van der Waals surface area contributed by atoms with Gasteiger partial charge in [0, 0.05) is 19.8 Å². The van der Waals surface area contributed by atoms with Gasteiger partial charge in [0.15, 0.2) is 0 Å². The van der Waals surface area contributed by atoms with Gasteiger partial charge in [0.25, 0.3) is 0 Å². The summed E-state index contributed by atoms with van der Waals surface area (Å²) in [6.45, 7) is 14.9. The van der Waals surface area contributed by atoms with E-state index in [9.17, 15) is 14.7 Å². The minimum Gasteiger partial charge on any atom is -0.390 e. The van der Waals surface area contributed by atoms with Crippen LogP contribution in [0.5, 0.6) is 0 Å². The van der Waals surface area contributed by atoms with Crippen molar-refractivity contribution in [3.8, 4) is 0 Å². The zero-order chi connectivity index (χ0) is 32.9. The number of nitrogens with one attached hydrogen (secondary N) is 1. The maximum Gasteiger partial charge on any atom is 0.245 e. The van der Waals surface area contributed by atoms with E-state index in [0.717, 1.165) is 50.7 Å². The van der Waals surface area contributed by atoms with E-state index in [2.05, 4.69) is 38.2 Å². The first-order chi connectivity index (χ1) is 21.4. The van der Waals surface area contributed by atoms with Crippen LogP contribution < -0.4 is 5.32 Å². The van der Waals surface area contributed by atoms with Crippen LogP contribution in [0, 0.1) is 29.1 Å². The minimum atomic E-state index is -0.556. The molecule has 7 heteroatoms. The van der Waals surface area contributed by atoms with Crippen LogP contribution in [0.25, 0.3) is 0 Å². The molecule has 7 atom stereocenters. The highest BCUT2D eigenvalue weighted by molar-refractivity contribution is 5.77. The molecule has 3 fully saturated rings. The lowest BCUT2D eigenvalue weighted by Crippen LogP contribution is -2.36. The van der Waals surface area contributed by atoms with E-state index in [4.69, 9.17) is 14.2 Å². The Balaban J connectivity index is 1.40. The summed E-state index contributed by atoms with van der Waals surface area (Å²) < 4.78 is 17.0. The summed E-state index contributed by atoms with van der Waals surface area (Å²) in [5, 5.41) is 13.1. The van der Waals surface area contributed by atoms with Crippen molar-refractivity contribution in [1.29, 1.82) is 0 Å². The zero-order valence-corrected chi connectivity index (χ0v) is 29.4. The molecule has 258 valence electrons. The molecule has 0 saturated heterocycles. The van der Waals surface area contributed by atoms with Crippen molar-refractivity contribution in [1.82, 2.24) is 5.32 Å². The Hall–Kier alpha value is -1.54. The van der Waals surface area contributed by atoms with Crippen molar-refractivity contribution in [2.45, 2.75) is 143 Å². The normalized spacial score (nSPS) is 30.3. The van der Waals surface area contributed by atoms with Crippen LogP contribution in [-0.4, -0.2) is 68.1 Å². The summed E-state index contributed by atoms with van der Waals surface area (Å²) in [4.78, 5) is 22.4. The summed E-state index contributed by atoms with van der Waals surface area (Å²) in [6, 6.07) is 0. The predicted octanol–water partition coefficient (Wildman–Crippen LogP) is 7.36. The first-order valence-corrected chi connectivity index (χ1v) is 18.1. The molecule has 2 N–H and O–H groups in total. The third-order valence-electron chi connectivity index (χ3n) is 11.0. The van der Waals surface area contributed by atoms with Crippen LogP contribution in [0.15, 0.2) is 23.3 Å². The summed E-state index contributed by atoms with van der Waals surface area (Å²) >= 11 is 0. The van der Waals surface area contributed by atoms with Crippen LogP contribution in [0.1, 0.15) is 125 Å². The van der Waals surface area contributed by atoms with Gasteiger partial charge in [0.05, 0.1) is 17.8 Å². The molecule has 3 saturated carbocycles. The SMILES string of the molecule is CC(CCOCC(=O)NCCCO[C@H]1CCC(C)/C(=C\C=C2/CCC[C@]3(C)[C@@H]([C@H](C)CCCC(C)(C)O)CC[C@@H]23)C1)OCC=O. The Labute approximate surface area is 274 Å². The molecule has 0 bridgehead atoms. The van der Waals surface area contributed by atoms with Crippen LogP contribution in [0.3, 0.4) is 0 Å². The van der Waals surface area contributed by atoms with Crippen molar-refractivity contribution in [2.75, 3.05) is 33.0 Å². The molecule has 0 aliphatic heterocycles. The Bertz CT molecular complexity index is 970. The Kier molecular flexibility index (Phi) is 15.8. The number of fused-ring (bicyclic) bond motifs is 1. The van der Waals surface area contributed by atoms with Gasteiger partial charge in [-0.2, -0.15) is 0 Å². The lowest BCUT2D eigenvalue weighted by Gasteiger charge is -2.44. The van der Waals surface area contributed by atoms with Crippen molar-refractivity contribution < 1.29 is 28.9 Å². The van der Waals surface area contributed by atoms with Gasteiger partial charge in [0.1, 0.15) is 19.5 Å². The summed E-state index contributed by atoms with van der Waals surface area (Å²) in [5.41, 5.74) is 3.06. The highest BCUT2D eigenvalue weighted by Gasteiger charge is 2.50. The average Bonchev–Trinajstić information content (AvgIpc) is 3.35. The highest BCUT2D eigenvalue weighted by atomic mass is 16.5. The van der Waals surface area contributed by atoms with E-state index < -0.39 is 5.60 Å². The van der Waals surface area contributed by atoms with E-state index in [-0.39, 0.29) is 31.3 Å². The number of hydrogen-bond acceptors (Lipinski definition) is 6. The Morgan fingerprint density at radius 2 is 1.87 bits per heavy atom. The molecule has 0 heterocycles. The van der Waals surface area contributed by atoms with Gasteiger partial charge in [0.2, 0.25) is 5.91 Å². The first-order valence-electron chi connectivity index (χ1n) is 18.1. The maximum atomic E-state index is 12.0. The van der Waals surface area contributed by atoms with Gasteiger partial charge >= 0.3 is 0 Å². The Morgan fingerprint density at radius 1 is 1.09 bits per heavy atom. The molecule has 0 spiro atoms. The lowest BCUT2D eigenvalue weighted by molar-refractivity contribution is -0.126. The molecule has 45 heavy (non-hydrogen) atoms. The van der Waals surface area contributed by atoms with Crippen molar-refractivity contribution in [2.24, 2.45) is 29.1 Å². The molecule has 1 amide bonds. The van der Waals surface area contributed by atoms with E-state index in [1.54, 1.807) is 5.57 Å². The number of rotatable bonds is 19. The molecule has 3 aliphatic rings. The molecular formula is C38H65NO6. The number of aliphatic hydroxyl groups is 1. The molecule has 0 radical (unpaired) electrons. The van der Waals surface area contributed by atoms with Crippen molar-refractivity contribution >= 4 is 12.2 Å². The largest absolute Gasteiger partial charge is 0.390 e. The highest BCUT2D eigenvalue weighted by Crippen LogP contribution is 2.60. The van der Waals surface area contributed by atoms with E-state index in [1.165, 1.54) is 44.1 Å². The van der Waals surface area contributed by atoms with E-state index >= 15 is 0 Å². The maximum absolute atomic E-state index is 12.0. The Morgan fingerprint density at radius 3 is 2.62 bits per heavy atom. The van der Waals surface area contributed by atoms with Crippen molar-refractivity contribution in [3.05, 3.63) is 23.3 Å². The van der Waals surface area contributed by atoms with Gasteiger partial charge in [-0.05, 0) is 120 Å². The molecule has 0 aromatic rings. The average molecular weight is 632 g/mol. The summed E-state index contributed by atoms with van der Waals surface area (Å²) in [7, 11) is 0. The minimum absolute atomic E-state index is 0.0360. The van der Waals surface area contributed by atoms with Crippen LogP contribution in [0.4, 0.5) is 0 Å².